The van der Waals surface area contributed by atoms with E-state index in [1.807, 2.05) is 0 Å². The highest BCUT2D eigenvalue weighted by atomic mass is 15.2. The van der Waals surface area contributed by atoms with Gasteiger partial charge in [-0.05, 0) is 31.4 Å². The van der Waals surface area contributed by atoms with E-state index in [0.717, 1.165) is 0 Å². The van der Waals surface area contributed by atoms with Crippen molar-refractivity contribution in [2.75, 3.05) is 11.9 Å². The highest BCUT2D eigenvalue weighted by Gasteiger charge is 2.61. The average molecular weight is 187 g/mol. The number of para-hydroxylation sites is 1. The molecule has 0 radical (unpaired) electrons. The van der Waals surface area contributed by atoms with E-state index >= 15 is 0 Å². The lowest BCUT2D eigenvalue weighted by Crippen LogP contribution is -2.61. The van der Waals surface area contributed by atoms with Gasteiger partial charge in [0.25, 0.3) is 0 Å². The standard InChI is InChI=1S/C13H17N/c1-12-8-9-13(12,2)14(3)11-7-5-4-6-10(11)12/h4-7H,8-9H2,1-3H3. The van der Waals surface area contributed by atoms with Crippen molar-refractivity contribution in [3.63, 3.8) is 0 Å². The fourth-order valence-corrected chi connectivity index (χ4v) is 3.32. The number of anilines is 1. The van der Waals surface area contributed by atoms with Crippen LogP contribution in [-0.2, 0) is 5.41 Å². The molecule has 0 aromatic heterocycles. The molecule has 2 aliphatic rings. The van der Waals surface area contributed by atoms with E-state index in [2.05, 4.69) is 50.1 Å². The van der Waals surface area contributed by atoms with E-state index in [1.54, 1.807) is 5.56 Å². The highest BCUT2D eigenvalue weighted by molar-refractivity contribution is 5.67. The number of fused-ring (bicyclic) bond motifs is 3. The summed E-state index contributed by atoms with van der Waals surface area (Å²) in [7, 11) is 2.24. The number of hydrogen-bond donors (Lipinski definition) is 0. The van der Waals surface area contributed by atoms with Gasteiger partial charge in [-0.2, -0.15) is 0 Å². The molecule has 1 fully saturated rings. The summed E-state index contributed by atoms with van der Waals surface area (Å²) >= 11 is 0. The fraction of sp³-hybridized carbons (Fsp3) is 0.538. The van der Waals surface area contributed by atoms with Crippen LogP contribution in [0, 0.1) is 0 Å². The molecule has 1 aromatic carbocycles. The maximum atomic E-state index is 2.48. The largest absolute Gasteiger partial charge is 0.368 e. The molecule has 2 atom stereocenters. The van der Waals surface area contributed by atoms with Crippen molar-refractivity contribution in [1.29, 1.82) is 0 Å². The SMILES string of the molecule is CN1c2ccccc2C2(C)CCC12C. The Kier molecular flexibility index (Phi) is 1.28. The van der Waals surface area contributed by atoms with E-state index in [4.69, 9.17) is 0 Å². The second kappa shape index (κ2) is 2.16. The van der Waals surface area contributed by atoms with Gasteiger partial charge in [-0.1, -0.05) is 25.1 Å². The maximum absolute atomic E-state index is 2.48. The second-order valence-electron chi connectivity index (χ2n) is 5.18. The topological polar surface area (TPSA) is 3.24 Å². The number of likely N-dealkylation sites (N-methyl/N-ethyl adjacent to an activating group) is 1. The predicted molar refractivity (Wildman–Crippen MR) is 59.8 cm³/mol. The molecule has 0 N–H and O–H groups in total. The first-order chi connectivity index (χ1) is 6.59. The van der Waals surface area contributed by atoms with Gasteiger partial charge < -0.3 is 4.90 Å². The lowest BCUT2D eigenvalue weighted by molar-refractivity contribution is 0.128. The molecular weight excluding hydrogens is 170 g/mol. The Bertz CT molecular complexity index is 398. The molecule has 1 nitrogen and oxygen atoms in total. The van der Waals surface area contributed by atoms with Crippen LogP contribution in [0.3, 0.4) is 0 Å². The third-order valence-electron chi connectivity index (χ3n) is 4.90. The molecule has 0 amide bonds. The summed E-state index contributed by atoms with van der Waals surface area (Å²) in [6.45, 7) is 4.81. The summed E-state index contributed by atoms with van der Waals surface area (Å²) in [5.41, 5.74) is 3.76. The molecule has 1 heteroatoms. The van der Waals surface area contributed by atoms with Crippen LogP contribution in [0.2, 0.25) is 0 Å². The van der Waals surface area contributed by atoms with E-state index in [1.165, 1.54) is 18.5 Å². The molecule has 1 heterocycles. The summed E-state index contributed by atoms with van der Waals surface area (Å²) in [6.07, 6.45) is 2.67. The third-order valence-corrected chi connectivity index (χ3v) is 4.90. The average Bonchev–Trinajstić information content (AvgIpc) is 2.33. The molecule has 3 rings (SSSR count). The number of benzene rings is 1. The Hall–Kier alpha value is -0.980. The molecule has 1 saturated carbocycles. The van der Waals surface area contributed by atoms with Gasteiger partial charge in [-0.15, -0.1) is 0 Å². The van der Waals surface area contributed by atoms with Crippen LogP contribution < -0.4 is 4.90 Å². The van der Waals surface area contributed by atoms with Crippen molar-refractivity contribution in [2.45, 2.75) is 37.6 Å². The minimum Gasteiger partial charge on any atom is -0.368 e. The predicted octanol–water partition coefficient (Wildman–Crippen LogP) is 2.95. The van der Waals surface area contributed by atoms with Gasteiger partial charge in [0.1, 0.15) is 0 Å². The van der Waals surface area contributed by atoms with Crippen molar-refractivity contribution in [2.24, 2.45) is 0 Å². The van der Waals surface area contributed by atoms with E-state index in [9.17, 15) is 0 Å². The summed E-state index contributed by atoms with van der Waals surface area (Å²) in [5, 5.41) is 0. The summed E-state index contributed by atoms with van der Waals surface area (Å²) < 4.78 is 0. The van der Waals surface area contributed by atoms with Crippen LogP contribution in [0.4, 0.5) is 5.69 Å². The maximum Gasteiger partial charge on any atom is 0.0465 e. The molecular formula is C13H17N. The minimum atomic E-state index is 0.372. The molecule has 74 valence electrons. The molecule has 2 unspecified atom stereocenters. The van der Waals surface area contributed by atoms with Crippen LogP contribution in [0.1, 0.15) is 32.3 Å². The van der Waals surface area contributed by atoms with Gasteiger partial charge >= 0.3 is 0 Å². The molecule has 1 aliphatic carbocycles. The Morgan fingerprint density at radius 2 is 1.86 bits per heavy atom. The van der Waals surface area contributed by atoms with E-state index in [0.29, 0.717) is 11.0 Å². The highest BCUT2D eigenvalue weighted by Crippen LogP contribution is 2.62. The molecule has 0 spiro atoms. The van der Waals surface area contributed by atoms with Gasteiger partial charge in [-0.3, -0.25) is 0 Å². The summed E-state index contributed by atoms with van der Waals surface area (Å²) in [4.78, 5) is 2.48. The van der Waals surface area contributed by atoms with Gasteiger partial charge in [0, 0.05) is 23.7 Å². The fourth-order valence-electron chi connectivity index (χ4n) is 3.32. The third kappa shape index (κ3) is 0.627. The van der Waals surface area contributed by atoms with Crippen LogP contribution >= 0.6 is 0 Å². The van der Waals surface area contributed by atoms with Gasteiger partial charge in [0.05, 0.1) is 0 Å². The van der Waals surface area contributed by atoms with Gasteiger partial charge in [0.15, 0.2) is 0 Å². The second-order valence-corrected chi connectivity index (χ2v) is 5.18. The van der Waals surface area contributed by atoms with Gasteiger partial charge in [-0.25, -0.2) is 0 Å². The number of rotatable bonds is 0. The normalized spacial score (nSPS) is 38.9. The van der Waals surface area contributed by atoms with Crippen molar-refractivity contribution < 1.29 is 0 Å². The van der Waals surface area contributed by atoms with Crippen molar-refractivity contribution in [3.05, 3.63) is 29.8 Å². The van der Waals surface area contributed by atoms with Crippen LogP contribution in [0.25, 0.3) is 0 Å². The Labute approximate surface area is 85.7 Å². The van der Waals surface area contributed by atoms with Crippen molar-refractivity contribution in [3.8, 4) is 0 Å². The first-order valence-electron chi connectivity index (χ1n) is 5.43. The van der Waals surface area contributed by atoms with Crippen LogP contribution in [0.5, 0.6) is 0 Å². The lowest BCUT2D eigenvalue weighted by Gasteiger charge is -2.55. The van der Waals surface area contributed by atoms with Gasteiger partial charge in [0.2, 0.25) is 0 Å². The zero-order valence-corrected chi connectivity index (χ0v) is 9.17. The van der Waals surface area contributed by atoms with Crippen molar-refractivity contribution in [1.82, 2.24) is 0 Å². The molecule has 1 aromatic rings. The number of nitrogens with zero attached hydrogens (tertiary/aromatic N) is 1. The smallest absolute Gasteiger partial charge is 0.0465 e. The van der Waals surface area contributed by atoms with Crippen molar-refractivity contribution >= 4 is 5.69 Å². The Morgan fingerprint density at radius 3 is 2.50 bits per heavy atom. The zero-order valence-electron chi connectivity index (χ0n) is 9.17. The quantitative estimate of drug-likeness (QED) is 0.603. The zero-order chi connectivity index (χ0) is 9.97. The summed E-state index contributed by atoms with van der Waals surface area (Å²) in [5.74, 6) is 0. The van der Waals surface area contributed by atoms with Crippen LogP contribution in [0.15, 0.2) is 24.3 Å². The van der Waals surface area contributed by atoms with E-state index < -0.39 is 0 Å². The lowest BCUT2D eigenvalue weighted by atomic mass is 9.55. The Balaban J connectivity index is 2.26. The van der Waals surface area contributed by atoms with E-state index in [-0.39, 0.29) is 0 Å². The molecule has 0 bridgehead atoms. The molecule has 1 aliphatic heterocycles. The Morgan fingerprint density at radius 1 is 1.14 bits per heavy atom. The van der Waals surface area contributed by atoms with Crippen LogP contribution in [-0.4, -0.2) is 12.6 Å². The first kappa shape index (κ1) is 8.34. The summed E-state index contributed by atoms with van der Waals surface area (Å²) in [6, 6.07) is 8.87. The number of hydrogen-bond acceptors (Lipinski definition) is 1. The molecule has 14 heavy (non-hydrogen) atoms. The monoisotopic (exact) mass is 187 g/mol. The first-order valence-corrected chi connectivity index (χ1v) is 5.43. The molecule has 0 saturated heterocycles. The minimum absolute atomic E-state index is 0.372.